The van der Waals surface area contributed by atoms with Crippen molar-refractivity contribution in [2.75, 3.05) is 0 Å². The zero-order valence-electron chi connectivity index (χ0n) is 15.7. The van der Waals surface area contributed by atoms with Crippen molar-refractivity contribution >= 4 is 27.5 Å². The van der Waals surface area contributed by atoms with Crippen molar-refractivity contribution in [2.24, 2.45) is 4.99 Å². The predicted octanol–water partition coefficient (Wildman–Crippen LogP) is 5.70. The van der Waals surface area contributed by atoms with E-state index in [4.69, 9.17) is 4.74 Å². The summed E-state index contributed by atoms with van der Waals surface area (Å²) in [6.45, 7) is 3.89. The van der Waals surface area contributed by atoms with Crippen LogP contribution in [0.15, 0.2) is 84.4 Å². The van der Waals surface area contributed by atoms with E-state index in [0.717, 1.165) is 17.4 Å². The number of rotatable bonds is 5. The highest BCUT2D eigenvalue weighted by Gasteiger charge is 2.16. The van der Waals surface area contributed by atoms with Gasteiger partial charge in [0, 0.05) is 12.6 Å². The number of amides is 1. The van der Waals surface area contributed by atoms with Gasteiger partial charge in [0.2, 0.25) is 0 Å². The number of para-hydroxylation sites is 2. The van der Waals surface area contributed by atoms with Gasteiger partial charge in [-0.3, -0.25) is 4.79 Å². The lowest BCUT2D eigenvalue weighted by atomic mass is 10.2. The third-order valence-corrected chi connectivity index (χ3v) is 5.32. The number of hydrogen-bond donors (Lipinski definition) is 0. The molecule has 0 aliphatic rings. The first-order valence-corrected chi connectivity index (χ1v) is 9.88. The topological polar surface area (TPSA) is 43.6 Å². The van der Waals surface area contributed by atoms with Crippen LogP contribution < -0.4 is 9.54 Å². The Bertz CT molecular complexity index is 1310. The van der Waals surface area contributed by atoms with E-state index in [0.29, 0.717) is 16.2 Å². The Morgan fingerprint density at radius 1 is 1.10 bits per heavy atom. The third-order valence-electron chi connectivity index (χ3n) is 4.29. The van der Waals surface area contributed by atoms with Gasteiger partial charge in [-0.05, 0) is 30.3 Å². The van der Waals surface area contributed by atoms with Gasteiger partial charge in [-0.1, -0.05) is 47.7 Å². The molecule has 0 N–H and O–H groups in total. The number of carbonyl (C=O) groups is 1. The lowest BCUT2D eigenvalue weighted by Crippen LogP contribution is -2.17. The molecule has 4 aromatic rings. The summed E-state index contributed by atoms with van der Waals surface area (Å²) in [5, 5.41) is 0. The lowest BCUT2D eigenvalue weighted by Gasteiger charge is -2.08. The van der Waals surface area contributed by atoms with Crippen LogP contribution in [0.5, 0.6) is 11.5 Å². The molecule has 1 heterocycles. The molecule has 150 valence electrons. The normalized spacial score (nSPS) is 11.6. The molecule has 0 radical (unpaired) electrons. The molecule has 0 saturated carbocycles. The summed E-state index contributed by atoms with van der Waals surface area (Å²) >= 11 is 1.03. The van der Waals surface area contributed by atoms with Crippen molar-refractivity contribution in [3.8, 4) is 11.5 Å². The Kier molecular flexibility index (Phi) is 5.54. The van der Waals surface area contributed by atoms with Crippen LogP contribution >= 0.6 is 11.3 Å². The van der Waals surface area contributed by atoms with E-state index in [1.54, 1.807) is 42.5 Å². The quantitative estimate of drug-likeness (QED) is 0.387. The molecule has 0 unspecified atom stereocenters. The van der Waals surface area contributed by atoms with Gasteiger partial charge in [0.15, 0.2) is 10.6 Å². The molecule has 1 aromatic heterocycles. The van der Waals surface area contributed by atoms with Gasteiger partial charge in [0.05, 0.1) is 15.8 Å². The molecule has 30 heavy (non-hydrogen) atoms. The Labute approximate surface area is 175 Å². The summed E-state index contributed by atoms with van der Waals surface area (Å²) in [5.41, 5.74) is 0.442. The third kappa shape index (κ3) is 3.92. The summed E-state index contributed by atoms with van der Waals surface area (Å²) in [4.78, 5) is 17.4. The predicted molar refractivity (Wildman–Crippen MR) is 113 cm³/mol. The first-order valence-electron chi connectivity index (χ1n) is 9.07. The van der Waals surface area contributed by atoms with Crippen LogP contribution in [-0.4, -0.2) is 10.5 Å². The zero-order chi connectivity index (χ0) is 21.1. The Morgan fingerprint density at radius 3 is 2.60 bits per heavy atom. The Hall–Kier alpha value is -3.58. The summed E-state index contributed by atoms with van der Waals surface area (Å²) in [5.74, 6) is -1.02. The molecule has 0 aliphatic heterocycles. The van der Waals surface area contributed by atoms with Crippen LogP contribution in [-0.2, 0) is 6.54 Å². The molecule has 0 atom stereocenters. The fourth-order valence-corrected chi connectivity index (χ4v) is 4.08. The second-order valence-corrected chi connectivity index (χ2v) is 7.36. The Balaban J connectivity index is 1.80. The van der Waals surface area contributed by atoms with E-state index in [1.807, 2.05) is 18.2 Å². The van der Waals surface area contributed by atoms with Gasteiger partial charge in [-0.2, -0.15) is 4.99 Å². The van der Waals surface area contributed by atoms with Crippen molar-refractivity contribution in [1.82, 2.24) is 4.57 Å². The fraction of sp³-hybridized carbons (Fsp3) is 0.0435. The summed E-state index contributed by atoms with van der Waals surface area (Å²) < 4.78 is 35.7. The second kappa shape index (κ2) is 8.42. The summed E-state index contributed by atoms with van der Waals surface area (Å²) in [6.07, 6.45) is 1.56. The number of hydrogen-bond acceptors (Lipinski definition) is 3. The number of carbonyl (C=O) groups excluding carboxylic acids is 1. The molecule has 3 aromatic carbocycles. The molecule has 7 heteroatoms. The van der Waals surface area contributed by atoms with Crippen molar-refractivity contribution < 1.29 is 18.3 Å². The van der Waals surface area contributed by atoms with Crippen LogP contribution in [0.1, 0.15) is 10.4 Å². The summed E-state index contributed by atoms with van der Waals surface area (Å²) in [6, 6.07) is 17.8. The number of benzene rings is 3. The lowest BCUT2D eigenvalue weighted by molar-refractivity contribution is 0.0995. The van der Waals surface area contributed by atoms with Crippen LogP contribution in [0.2, 0.25) is 0 Å². The smallest absolute Gasteiger partial charge is 0.283 e. The molecule has 0 aliphatic carbocycles. The minimum absolute atomic E-state index is 0.182. The van der Waals surface area contributed by atoms with Gasteiger partial charge in [0.1, 0.15) is 17.3 Å². The standard InChI is InChI=1S/C23H16F2N2O2S/c1-2-12-27-21-18(25)13-15(24)14-20(21)30-23(27)26-22(28)17-10-6-7-11-19(17)29-16-8-4-3-5-9-16/h2-11,13-14H,1,12H2. The number of nitrogens with zero attached hydrogens (tertiary/aromatic N) is 2. The number of aromatic nitrogens is 1. The highest BCUT2D eigenvalue weighted by Crippen LogP contribution is 2.26. The van der Waals surface area contributed by atoms with Crippen molar-refractivity contribution in [3.63, 3.8) is 0 Å². The van der Waals surface area contributed by atoms with E-state index in [1.165, 1.54) is 10.6 Å². The van der Waals surface area contributed by atoms with E-state index in [9.17, 15) is 13.6 Å². The molecule has 4 rings (SSSR count). The monoisotopic (exact) mass is 422 g/mol. The highest BCUT2D eigenvalue weighted by molar-refractivity contribution is 7.16. The molecule has 0 fully saturated rings. The first-order chi connectivity index (χ1) is 14.6. The average molecular weight is 422 g/mol. The number of fused-ring (bicyclic) bond motifs is 1. The van der Waals surface area contributed by atoms with Gasteiger partial charge in [-0.25, -0.2) is 8.78 Å². The minimum Gasteiger partial charge on any atom is -0.457 e. The SMILES string of the molecule is C=CCn1c(=NC(=O)c2ccccc2Oc2ccccc2)sc2cc(F)cc(F)c21. The molecule has 0 bridgehead atoms. The van der Waals surface area contributed by atoms with Crippen molar-refractivity contribution in [3.05, 3.63) is 101 Å². The zero-order valence-corrected chi connectivity index (χ0v) is 16.5. The first kappa shape index (κ1) is 19.7. The minimum atomic E-state index is -0.718. The summed E-state index contributed by atoms with van der Waals surface area (Å²) in [7, 11) is 0. The maximum atomic E-state index is 14.4. The van der Waals surface area contributed by atoms with E-state index < -0.39 is 17.5 Å². The number of halogens is 2. The van der Waals surface area contributed by atoms with Crippen LogP contribution in [0.3, 0.4) is 0 Å². The van der Waals surface area contributed by atoms with Crippen molar-refractivity contribution in [2.45, 2.75) is 6.54 Å². The number of thiazole rings is 1. The van der Waals surface area contributed by atoms with E-state index in [2.05, 4.69) is 11.6 Å². The average Bonchev–Trinajstić information content (AvgIpc) is 3.06. The van der Waals surface area contributed by atoms with Gasteiger partial charge in [-0.15, -0.1) is 6.58 Å². The number of ether oxygens (including phenoxy) is 1. The highest BCUT2D eigenvalue weighted by atomic mass is 32.1. The molecule has 4 nitrogen and oxygen atoms in total. The van der Waals surface area contributed by atoms with Gasteiger partial charge >= 0.3 is 0 Å². The molecule has 1 amide bonds. The molecule has 0 spiro atoms. The van der Waals surface area contributed by atoms with Gasteiger partial charge < -0.3 is 9.30 Å². The Morgan fingerprint density at radius 2 is 1.83 bits per heavy atom. The fourth-order valence-electron chi connectivity index (χ4n) is 3.01. The number of allylic oxidation sites excluding steroid dienone is 1. The molecular weight excluding hydrogens is 406 g/mol. The van der Waals surface area contributed by atoms with E-state index in [-0.39, 0.29) is 22.4 Å². The van der Waals surface area contributed by atoms with E-state index >= 15 is 0 Å². The largest absolute Gasteiger partial charge is 0.457 e. The van der Waals surface area contributed by atoms with Crippen LogP contribution in [0, 0.1) is 11.6 Å². The van der Waals surface area contributed by atoms with Crippen molar-refractivity contribution in [1.29, 1.82) is 0 Å². The maximum Gasteiger partial charge on any atom is 0.283 e. The molecular formula is C23H16F2N2O2S. The second-order valence-electron chi connectivity index (χ2n) is 6.35. The van der Waals surface area contributed by atoms with Crippen LogP contribution in [0.4, 0.5) is 8.78 Å². The van der Waals surface area contributed by atoms with Crippen LogP contribution in [0.25, 0.3) is 10.2 Å². The molecule has 0 saturated heterocycles. The van der Waals surface area contributed by atoms with Gasteiger partial charge in [0.25, 0.3) is 5.91 Å². The maximum absolute atomic E-state index is 14.4.